The number of nitrogens with zero attached hydrogens (tertiary/aromatic N) is 5. The molecule has 3 aromatic rings. The Kier molecular flexibility index (Phi) is 3.97. The van der Waals surface area contributed by atoms with Crippen LogP contribution < -0.4 is 10.2 Å². The van der Waals surface area contributed by atoms with Crippen LogP contribution in [-0.2, 0) is 0 Å². The summed E-state index contributed by atoms with van der Waals surface area (Å²) in [5.41, 5.74) is 2.58. The lowest BCUT2D eigenvalue weighted by Gasteiger charge is -2.20. The molecule has 1 atom stereocenters. The van der Waals surface area contributed by atoms with E-state index < -0.39 is 0 Å². The Bertz CT molecular complexity index is 965. The third kappa shape index (κ3) is 2.91. The summed E-state index contributed by atoms with van der Waals surface area (Å²) in [6, 6.07) is 5.87. The number of rotatable bonds is 4. The standard InChI is InChI=1S/C19H21N7O/c27-19-25(12-13-3-5-21-9-13)6-7-26(19)18-15-8-16(14-2-1-4-20-10-14)22-11-17(15)23-24-18/h1-2,4,8,10-11,13,21H,3,5-7,9,12H2,(H,23,24). The first-order chi connectivity index (χ1) is 13.3. The van der Waals surface area contributed by atoms with Gasteiger partial charge in [0.2, 0.25) is 0 Å². The van der Waals surface area contributed by atoms with E-state index in [1.807, 2.05) is 23.1 Å². The summed E-state index contributed by atoms with van der Waals surface area (Å²) in [5, 5.41) is 11.7. The first kappa shape index (κ1) is 16.2. The van der Waals surface area contributed by atoms with Crippen LogP contribution in [0.3, 0.4) is 0 Å². The maximum atomic E-state index is 12.9. The van der Waals surface area contributed by atoms with Crippen molar-refractivity contribution in [3.63, 3.8) is 0 Å². The molecular weight excluding hydrogens is 342 g/mol. The molecule has 5 rings (SSSR count). The van der Waals surface area contributed by atoms with E-state index in [2.05, 4.69) is 25.5 Å². The van der Waals surface area contributed by atoms with E-state index in [1.165, 1.54) is 0 Å². The number of nitrogens with one attached hydrogen (secondary N) is 2. The van der Waals surface area contributed by atoms with Crippen LogP contribution in [-0.4, -0.2) is 63.8 Å². The molecule has 138 valence electrons. The average Bonchev–Trinajstić information content (AvgIpc) is 3.44. The summed E-state index contributed by atoms with van der Waals surface area (Å²) >= 11 is 0. The highest BCUT2D eigenvalue weighted by molar-refractivity contribution is 6.02. The van der Waals surface area contributed by atoms with Crippen LogP contribution in [0.4, 0.5) is 10.6 Å². The number of aromatic amines is 1. The molecule has 0 spiro atoms. The van der Waals surface area contributed by atoms with Crippen molar-refractivity contribution in [3.05, 3.63) is 36.8 Å². The molecule has 1 unspecified atom stereocenters. The van der Waals surface area contributed by atoms with E-state index in [9.17, 15) is 4.79 Å². The summed E-state index contributed by atoms with van der Waals surface area (Å²) in [7, 11) is 0. The van der Waals surface area contributed by atoms with Gasteiger partial charge in [-0.1, -0.05) is 0 Å². The van der Waals surface area contributed by atoms with Gasteiger partial charge in [-0.05, 0) is 43.6 Å². The van der Waals surface area contributed by atoms with E-state index in [0.29, 0.717) is 18.3 Å². The minimum Gasteiger partial charge on any atom is -0.322 e. The molecule has 8 nitrogen and oxygen atoms in total. The normalized spacial score (nSPS) is 20.1. The second kappa shape index (κ2) is 6.62. The Morgan fingerprint density at radius 2 is 2.22 bits per heavy atom. The van der Waals surface area contributed by atoms with Gasteiger partial charge in [-0.3, -0.25) is 20.0 Å². The van der Waals surface area contributed by atoms with E-state index in [1.54, 1.807) is 23.5 Å². The maximum absolute atomic E-state index is 12.9. The number of urea groups is 1. The number of pyridine rings is 2. The van der Waals surface area contributed by atoms with Gasteiger partial charge >= 0.3 is 6.03 Å². The fourth-order valence-electron chi connectivity index (χ4n) is 3.91. The van der Waals surface area contributed by atoms with Crippen molar-refractivity contribution in [2.24, 2.45) is 5.92 Å². The molecule has 2 saturated heterocycles. The summed E-state index contributed by atoms with van der Waals surface area (Å²) in [6.45, 7) is 4.25. The zero-order chi connectivity index (χ0) is 18.2. The SMILES string of the molecule is O=C1N(CC2CCNC2)CCN1c1n[nH]c2cnc(-c3cccnc3)cc12. The Labute approximate surface area is 156 Å². The lowest BCUT2D eigenvalue weighted by atomic mass is 10.1. The highest BCUT2D eigenvalue weighted by Gasteiger charge is 2.33. The van der Waals surface area contributed by atoms with Gasteiger partial charge in [0, 0.05) is 43.0 Å². The molecule has 2 fully saturated rings. The average molecular weight is 363 g/mol. The van der Waals surface area contributed by atoms with E-state index in [-0.39, 0.29) is 6.03 Å². The zero-order valence-corrected chi connectivity index (χ0v) is 14.9. The van der Waals surface area contributed by atoms with Crippen molar-refractivity contribution in [1.82, 2.24) is 30.4 Å². The van der Waals surface area contributed by atoms with Gasteiger partial charge in [-0.25, -0.2) is 4.79 Å². The van der Waals surface area contributed by atoms with Gasteiger partial charge in [0.25, 0.3) is 0 Å². The molecule has 27 heavy (non-hydrogen) atoms. The van der Waals surface area contributed by atoms with Gasteiger partial charge in [-0.2, -0.15) is 5.10 Å². The van der Waals surface area contributed by atoms with Crippen LogP contribution in [0.5, 0.6) is 0 Å². The number of hydrogen-bond donors (Lipinski definition) is 2. The molecule has 2 aliphatic heterocycles. The Morgan fingerprint density at radius 1 is 1.26 bits per heavy atom. The first-order valence-corrected chi connectivity index (χ1v) is 9.31. The van der Waals surface area contributed by atoms with Crippen LogP contribution in [0.15, 0.2) is 36.8 Å². The fourth-order valence-corrected chi connectivity index (χ4v) is 3.91. The minimum atomic E-state index is 0.0371. The summed E-state index contributed by atoms with van der Waals surface area (Å²) in [6.07, 6.45) is 6.42. The number of fused-ring (bicyclic) bond motifs is 1. The van der Waals surface area contributed by atoms with Gasteiger partial charge in [0.05, 0.1) is 17.4 Å². The Morgan fingerprint density at radius 3 is 3.04 bits per heavy atom. The van der Waals surface area contributed by atoms with Crippen molar-refractivity contribution < 1.29 is 4.79 Å². The molecule has 2 N–H and O–H groups in total. The van der Waals surface area contributed by atoms with Crippen LogP contribution in [0.1, 0.15) is 6.42 Å². The number of H-pyrrole nitrogens is 1. The predicted molar refractivity (Wildman–Crippen MR) is 102 cm³/mol. The molecular formula is C19H21N7O. The third-order valence-corrected chi connectivity index (χ3v) is 5.38. The number of hydrogen-bond acceptors (Lipinski definition) is 5. The molecule has 2 amide bonds. The molecule has 3 aromatic heterocycles. The third-order valence-electron chi connectivity index (χ3n) is 5.38. The molecule has 0 bridgehead atoms. The summed E-state index contributed by atoms with van der Waals surface area (Å²) < 4.78 is 0. The molecule has 8 heteroatoms. The molecule has 2 aliphatic rings. The van der Waals surface area contributed by atoms with Crippen LogP contribution in [0, 0.1) is 5.92 Å². The number of anilines is 1. The van der Waals surface area contributed by atoms with E-state index in [4.69, 9.17) is 0 Å². The van der Waals surface area contributed by atoms with Crippen LogP contribution in [0.25, 0.3) is 22.2 Å². The quantitative estimate of drug-likeness (QED) is 0.739. The topological polar surface area (TPSA) is 90.0 Å². The minimum absolute atomic E-state index is 0.0371. The Hall–Kier alpha value is -3.00. The molecule has 0 saturated carbocycles. The molecule has 5 heterocycles. The van der Waals surface area contributed by atoms with Gasteiger partial charge < -0.3 is 10.2 Å². The van der Waals surface area contributed by atoms with Crippen molar-refractivity contribution >= 4 is 22.8 Å². The number of carbonyl (C=O) groups excluding carboxylic acids is 1. The van der Waals surface area contributed by atoms with Gasteiger partial charge in [-0.15, -0.1) is 0 Å². The lowest BCUT2D eigenvalue weighted by molar-refractivity contribution is 0.213. The van der Waals surface area contributed by atoms with Crippen molar-refractivity contribution in [1.29, 1.82) is 0 Å². The van der Waals surface area contributed by atoms with E-state index in [0.717, 1.165) is 54.8 Å². The van der Waals surface area contributed by atoms with E-state index >= 15 is 0 Å². The van der Waals surface area contributed by atoms with Crippen LogP contribution in [0.2, 0.25) is 0 Å². The Balaban J connectivity index is 1.43. The van der Waals surface area contributed by atoms with Crippen molar-refractivity contribution in [3.8, 4) is 11.3 Å². The summed E-state index contributed by atoms with van der Waals surface area (Å²) in [4.78, 5) is 25.3. The maximum Gasteiger partial charge on any atom is 0.325 e. The zero-order valence-electron chi connectivity index (χ0n) is 14.9. The van der Waals surface area contributed by atoms with Crippen molar-refractivity contribution in [2.45, 2.75) is 6.42 Å². The highest BCUT2D eigenvalue weighted by Crippen LogP contribution is 2.30. The largest absolute Gasteiger partial charge is 0.325 e. The summed E-state index contributed by atoms with van der Waals surface area (Å²) in [5.74, 6) is 1.22. The molecule has 0 aromatic carbocycles. The second-order valence-corrected chi connectivity index (χ2v) is 7.14. The van der Waals surface area contributed by atoms with Crippen molar-refractivity contribution in [2.75, 3.05) is 37.6 Å². The molecule has 0 radical (unpaired) electrons. The predicted octanol–water partition coefficient (Wildman–Crippen LogP) is 1.87. The smallest absolute Gasteiger partial charge is 0.322 e. The second-order valence-electron chi connectivity index (χ2n) is 7.14. The highest BCUT2D eigenvalue weighted by atomic mass is 16.2. The van der Waals surface area contributed by atoms with Gasteiger partial charge in [0.1, 0.15) is 0 Å². The van der Waals surface area contributed by atoms with Crippen LogP contribution >= 0.6 is 0 Å². The number of amides is 2. The molecule has 0 aliphatic carbocycles. The fraction of sp³-hybridized carbons (Fsp3) is 0.368. The first-order valence-electron chi connectivity index (χ1n) is 9.31. The monoisotopic (exact) mass is 363 g/mol. The number of carbonyl (C=O) groups is 1. The number of aromatic nitrogens is 4. The van der Waals surface area contributed by atoms with Gasteiger partial charge in [0.15, 0.2) is 5.82 Å². The lowest BCUT2D eigenvalue weighted by Crippen LogP contribution is -2.35.